The molecular formula is C22H25N3O3. The van der Waals surface area contributed by atoms with Gasteiger partial charge in [0.1, 0.15) is 5.60 Å². The summed E-state index contributed by atoms with van der Waals surface area (Å²) in [6.45, 7) is 1.96. The molecule has 1 spiro atoms. The minimum Gasteiger partial charge on any atom is -0.437 e. The summed E-state index contributed by atoms with van der Waals surface area (Å²) in [4.78, 5) is 28.6. The summed E-state index contributed by atoms with van der Waals surface area (Å²) in [5.41, 5.74) is 7.81. The third kappa shape index (κ3) is 3.36. The Balaban J connectivity index is 1.60. The van der Waals surface area contributed by atoms with Gasteiger partial charge in [-0.25, -0.2) is 4.79 Å². The number of carbonyl (C=O) groups is 2. The molecule has 2 amide bonds. The average molecular weight is 379 g/mol. The highest BCUT2D eigenvalue weighted by Gasteiger charge is 2.47. The maximum Gasteiger partial charge on any atom is 0.415 e. The number of anilines is 1. The van der Waals surface area contributed by atoms with Gasteiger partial charge in [-0.15, -0.1) is 0 Å². The van der Waals surface area contributed by atoms with Crippen LogP contribution in [0.3, 0.4) is 0 Å². The van der Waals surface area contributed by atoms with Crippen LogP contribution < -0.4 is 10.6 Å². The first-order chi connectivity index (χ1) is 13.6. The van der Waals surface area contributed by atoms with Crippen molar-refractivity contribution in [2.75, 3.05) is 24.5 Å². The van der Waals surface area contributed by atoms with Crippen molar-refractivity contribution in [3.05, 3.63) is 65.7 Å². The van der Waals surface area contributed by atoms with Crippen LogP contribution in [0, 0.1) is 0 Å². The fourth-order valence-electron chi connectivity index (χ4n) is 4.16. The zero-order valence-electron chi connectivity index (χ0n) is 15.8. The maximum atomic E-state index is 13.0. The predicted molar refractivity (Wildman–Crippen MR) is 107 cm³/mol. The number of likely N-dealkylation sites (tertiary alicyclic amines) is 1. The summed E-state index contributed by atoms with van der Waals surface area (Å²) in [5.74, 6) is 0.0680. The van der Waals surface area contributed by atoms with Gasteiger partial charge in [0.05, 0.1) is 12.2 Å². The molecule has 0 aromatic heterocycles. The molecule has 0 aliphatic carbocycles. The summed E-state index contributed by atoms with van der Waals surface area (Å²) >= 11 is 0. The molecule has 2 N–H and O–H groups in total. The van der Waals surface area contributed by atoms with Gasteiger partial charge in [0, 0.05) is 44.5 Å². The Labute approximate surface area is 164 Å². The number of amides is 2. The molecule has 1 saturated heterocycles. The van der Waals surface area contributed by atoms with Crippen molar-refractivity contribution in [2.24, 2.45) is 5.73 Å². The Morgan fingerprint density at radius 3 is 2.43 bits per heavy atom. The Bertz CT molecular complexity index is 860. The van der Waals surface area contributed by atoms with E-state index >= 15 is 0 Å². The molecule has 6 heteroatoms. The largest absolute Gasteiger partial charge is 0.437 e. The fraction of sp³-hybridized carbons (Fsp3) is 0.364. The molecule has 28 heavy (non-hydrogen) atoms. The number of ether oxygens (including phenoxy) is 1. The number of nitrogens with zero attached hydrogens (tertiary/aromatic N) is 2. The van der Waals surface area contributed by atoms with Crippen LogP contribution in [0.1, 0.15) is 30.4 Å². The van der Waals surface area contributed by atoms with Crippen molar-refractivity contribution < 1.29 is 14.3 Å². The van der Waals surface area contributed by atoms with Crippen molar-refractivity contribution in [2.45, 2.75) is 31.4 Å². The molecule has 0 radical (unpaired) electrons. The minimum atomic E-state index is -0.666. The lowest BCUT2D eigenvalue weighted by molar-refractivity contribution is -0.135. The van der Waals surface area contributed by atoms with E-state index < -0.39 is 5.60 Å². The Kier molecular flexibility index (Phi) is 5.05. The standard InChI is InChI=1S/C22H25N3O3/c23-13-10-20(26)24-14-11-22(12-15-24)18-8-4-5-9-19(18)25(21(27)28-22)16-17-6-2-1-3-7-17/h1-9H,10-16,23H2. The third-order valence-electron chi connectivity index (χ3n) is 5.65. The van der Waals surface area contributed by atoms with Gasteiger partial charge in [0.15, 0.2) is 0 Å². The van der Waals surface area contributed by atoms with E-state index in [1.165, 1.54) is 0 Å². The fourth-order valence-corrected chi connectivity index (χ4v) is 4.16. The average Bonchev–Trinajstić information content (AvgIpc) is 2.73. The van der Waals surface area contributed by atoms with Crippen LogP contribution in [0.2, 0.25) is 0 Å². The number of rotatable bonds is 4. The van der Waals surface area contributed by atoms with Crippen LogP contribution in [0.25, 0.3) is 0 Å². The van der Waals surface area contributed by atoms with Gasteiger partial charge >= 0.3 is 6.09 Å². The van der Waals surface area contributed by atoms with E-state index in [1.807, 2.05) is 59.5 Å². The molecule has 0 bridgehead atoms. The van der Waals surface area contributed by atoms with Crippen LogP contribution >= 0.6 is 0 Å². The normalized spacial score (nSPS) is 18.0. The molecule has 2 aromatic carbocycles. The van der Waals surface area contributed by atoms with Crippen molar-refractivity contribution in [1.82, 2.24) is 4.90 Å². The molecule has 2 heterocycles. The molecule has 1 fully saturated rings. The predicted octanol–water partition coefficient (Wildman–Crippen LogP) is 3.01. The number of fused-ring (bicyclic) bond motifs is 2. The molecule has 0 saturated carbocycles. The third-order valence-corrected chi connectivity index (χ3v) is 5.65. The number of benzene rings is 2. The quantitative estimate of drug-likeness (QED) is 0.886. The van der Waals surface area contributed by atoms with Gasteiger partial charge in [-0.05, 0) is 11.6 Å². The first-order valence-electron chi connectivity index (χ1n) is 9.75. The first-order valence-corrected chi connectivity index (χ1v) is 9.75. The van der Waals surface area contributed by atoms with Gasteiger partial charge in [-0.1, -0.05) is 48.5 Å². The summed E-state index contributed by atoms with van der Waals surface area (Å²) in [6, 6.07) is 17.8. The van der Waals surface area contributed by atoms with Crippen molar-refractivity contribution >= 4 is 17.7 Å². The molecule has 2 aromatic rings. The number of nitrogens with two attached hydrogens (primary N) is 1. The second-order valence-electron chi connectivity index (χ2n) is 7.37. The van der Waals surface area contributed by atoms with E-state index in [0.717, 1.165) is 16.8 Å². The van der Waals surface area contributed by atoms with Crippen LogP contribution in [0.5, 0.6) is 0 Å². The van der Waals surface area contributed by atoms with Crippen LogP contribution in [0.15, 0.2) is 54.6 Å². The van der Waals surface area contributed by atoms with E-state index in [9.17, 15) is 9.59 Å². The van der Waals surface area contributed by atoms with E-state index in [0.29, 0.717) is 45.4 Å². The van der Waals surface area contributed by atoms with Crippen LogP contribution in [0.4, 0.5) is 10.5 Å². The SMILES string of the molecule is NCCC(=O)N1CCC2(CC1)OC(=O)N(Cc1ccccc1)c1ccccc12. The summed E-state index contributed by atoms with van der Waals surface area (Å²) in [6.07, 6.45) is 1.23. The lowest BCUT2D eigenvalue weighted by Gasteiger charge is -2.46. The molecule has 4 rings (SSSR count). The molecule has 2 aliphatic heterocycles. The summed E-state index contributed by atoms with van der Waals surface area (Å²) < 4.78 is 6.04. The van der Waals surface area contributed by atoms with E-state index in [1.54, 1.807) is 4.90 Å². The van der Waals surface area contributed by atoms with Gasteiger partial charge in [-0.3, -0.25) is 9.69 Å². The van der Waals surface area contributed by atoms with Crippen molar-refractivity contribution in [3.8, 4) is 0 Å². The molecule has 146 valence electrons. The van der Waals surface area contributed by atoms with Gasteiger partial charge < -0.3 is 15.4 Å². The lowest BCUT2D eigenvalue weighted by Crippen LogP contribution is -2.52. The molecule has 0 atom stereocenters. The number of hydrogen-bond acceptors (Lipinski definition) is 4. The first kappa shape index (κ1) is 18.5. The number of piperidine rings is 1. The highest BCUT2D eigenvalue weighted by Crippen LogP contribution is 2.45. The number of hydrogen-bond donors (Lipinski definition) is 1. The Morgan fingerprint density at radius 2 is 1.71 bits per heavy atom. The zero-order chi connectivity index (χ0) is 19.6. The molecular weight excluding hydrogens is 354 g/mol. The summed E-state index contributed by atoms with van der Waals surface area (Å²) in [7, 11) is 0. The topological polar surface area (TPSA) is 75.9 Å². The van der Waals surface area contributed by atoms with E-state index in [4.69, 9.17) is 10.5 Å². The second kappa shape index (κ2) is 7.64. The smallest absolute Gasteiger partial charge is 0.415 e. The lowest BCUT2D eigenvalue weighted by atomic mass is 9.82. The molecule has 0 unspecified atom stereocenters. The van der Waals surface area contributed by atoms with Gasteiger partial charge in [0.25, 0.3) is 0 Å². The number of carbonyl (C=O) groups excluding carboxylic acids is 2. The number of para-hydroxylation sites is 1. The summed E-state index contributed by atoms with van der Waals surface area (Å²) in [5, 5.41) is 0. The maximum absolute atomic E-state index is 13.0. The minimum absolute atomic E-state index is 0.0680. The molecule has 2 aliphatic rings. The van der Waals surface area contributed by atoms with Crippen molar-refractivity contribution in [1.29, 1.82) is 0 Å². The van der Waals surface area contributed by atoms with Crippen molar-refractivity contribution in [3.63, 3.8) is 0 Å². The highest BCUT2D eigenvalue weighted by atomic mass is 16.6. The Hall–Kier alpha value is -2.86. The van der Waals surface area contributed by atoms with E-state index in [-0.39, 0.29) is 12.0 Å². The Morgan fingerprint density at radius 1 is 1.04 bits per heavy atom. The second-order valence-corrected chi connectivity index (χ2v) is 7.37. The monoisotopic (exact) mass is 379 g/mol. The van der Waals surface area contributed by atoms with Crippen LogP contribution in [-0.4, -0.2) is 36.5 Å². The zero-order valence-corrected chi connectivity index (χ0v) is 15.8. The van der Waals surface area contributed by atoms with Gasteiger partial charge in [-0.2, -0.15) is 0 Å². The molecule has 6 nitrogen and oxygen atoms in total. The van der Waals surface area contributed by atoms with Crippen LogP contribution in [-0.2, 0) is 21.7 Å². The highest BCUT2D eigenvalue weighted by molar-refractivity contribution is 5.91. The van der Waals surface area contributed by atoms with E-state index in [2.05, 4.69) is 0 Å². The van der Waals surface area contributed by atoms with Gasteiger partial charge in [0.2, 0.25) is 5.91 Å².